The summed E-state index contributed by atoms with van der Waals surface area (Å²) in [5.41, 5.74) is 0. The van der Waals surface area contributed by atoms with Gasteiger partial charge in [-0.2, -0.15) is 0 Å². The van der Waals surface area contributed by atoms with Crippen LogP contribution in [0, 0.1) is 0 Å². The third kappa shape index (κ3) is 4.94. The molecule has 124 valence electrons. The SMILES string of the molecule is COC(C)CN(C(=O)NCCCl)[C@@H]1OC[C@@H](O)[C@@H](O)[C@@H]1O. The molecule has 1 rings (SSSR count). The smallest absolute Gasteiger partial charge is 0.319 e. The number of aliphatic hydroxyl groups excluding tert-OH is 3. The Kier molecular flexibility index (Phi) is 7.64. The van der Waals surface area contributed by atoms with Crippen molar-refractivity contribution in [2.24, 2.45) is 0 Å². The van der Waals surface area contributed by atoms with Crippen molar-refractivity contribution in [3.8, 4) is 0 Å². The van der Waals surface area contributed by atoms with Crippen LogP contribution in [-0.2, 0) is 9.47 Å². The zero-order valence-electron chi connectivity index (χ0n) is 12.1. The van der Waals surface area contributed by atoms with Crippen molar-refractivity contribution in [3.63, 3.8) is 0 Å². The predicted molar refractivity (Wildman–Crippen MR) is 75.1 cm³/mol. The molecule has 0 bridgehead atoms. The van der Waals surface area contributed by atoms with Crippen LogP contribution in [0.3, 0.4) is 0 Å². The van der Waals surface area contributed by atoms with E-state index in [0.29, 0.717) is 0 Å². The number of alkyl halides is 1. The van der Waals surface area contributed by atoms with Gasteiger partial charge in [0.2, 0.25) is 0 Å². The number of carbonyl (C=O) groups is 1. The van der Waals surface area contributed by atoms with Crippen molar-refractivity contribution in [3.05, 3.63) is 0 Å². The lowest BCUT2D eigenvalue weighted by atomic mass is 10.0. The highest BCUT2D eigenvalue weighted by Crippen LogP contribution is 2.19. The van der Waals surface area contributed by atoms with Crippen LogP contribution < -0.4 is 5.32 Å². The Morgan fingerprint density at radius 1 is 1.48 bits per heavy atom. The van der Waals surface area contributed by atoms with Crippen molar-refractivity contribution >= 4 is 17.6 Å². The number of ether oxygens (including phenoxy) is 2. The molecule has 1 unspecified atom stereocenters. The van der Waals surface area contributed by atoms with Crippen molar-refractivity contribution in [2.75, 3.05) is 32.7 Å². The van der Waals surface area contributed by atoms with Gasteiger partial charge in [0, 0.05) is 19.5 Å². The topological polar surface area (TPSA) is 111 Å². The van der Waals surface area contributed by atoms with Gasteiger partial charge in [0.15, 0.2) is 6.23 Å². The summed E-state index contributed by atoms with van der Waals surface area (Å²) in [5, 5.41) is 31.8. The number of nitrogens with zero attached hydrogens (tertiary/aromatic N) is 1. The minimum atomic E-state index is -1.42. The standard InChI is InChI=1S/C12H23ClN2O6/c1-7(20-2)5-15(12(19)14-4-3-13)11-10(18)9(17)8(16)6-21-11/h7-11,16-18H,3-6H2,1-2H3,(H,14,19)/t7?,8-,9-,10+,11-/m1/s1. The van der Waals surface area contributed by atoms with Crippen LogP contribution >= 0.6 is 11.6 Å². The summed E-state index contributed by atoms with van der Waals surface area (Å²) in [5.74, 6) is 0.245. The van der Waals surface area contributed by atoms with E-state index in [1.807, 2.05) is 0 Å². The summed E-state index contributed by atoms with van der Waals surface area (Å²) in [7, 11) is 1.50. The molecule has 0 aromatic heterocycles. The second kappa shape index (κ2) is 8.72. The van der Waals surface area contributed by atoms with E-state index in [0.717, 1.165) is 0 Å². The Morgan fingerprint density at radius 2 is 2.14 bits per heavy atom. The van der Waals surface area contributed by atoms with Gasteiger partial charge in [-0.3, -0.25) is 4.90 Å². The van der Waals surface area contributed by atoms with Crippen LogP contribution in [-0.4, -0.2) is 89.6 Å². The average Bonchev–Trinajstić information content (AvgIpc) is 2.48. The van der Waals surface area contributed by atoms with E-state index >= 15 is 0 Å². The fourth-order valence-corrected chi connectivity index (χ4v) is 2.07. The quantitative estimate of drug-likeness (QED) is 0.452. The molecule has 0 aromatic rings. The molecule has 8 nitrogen and oxygen atoms in total. The maximum atomic E-state index is 12.2. The Hall–Kier alpha value is -0.640. The molecule has 2 amide bonds. The first-order chi connectivity index (χ1) is 9.92. The number of hydrogen-bond acceptors (Lipinski definition) is 6. The summed E-state index contributed by atoms with van der Waals surface area (Å²) in [6.07, 6.45) is -5.36. The summed E-state index contributed by atoms with van der Waals surface area (Å²) in [6, 6.07) is -0.493. The molecule has 0 radical (unpaired) electrons. The van der Waals surface area contributed by atoms with Crippen molar-refractivity contribution in [2.45, 2.75) is 37.6 Å². The first kappa shape index (κ1) is 18.4. The number of aliphatic hydroxyl groups is 3. The predicted octanol–water partition coefficient (Wildman–Crippen LogP) is -1.29. The van der Waals surface area contributed by atoms with Crippen LogP contribution in [0.1, 0.15) is 6.92 Å². The van der Waals surface area contributed by atoms with E-state index in [2.05, 4.69) is 5.32 Å². The molecule has 0 spiro atoms. The molecule has 1 aliphatic heterocycles. The second-order valence-electron chi connectivity index (χ2n) is 4.89. The highest BCUT2D eigenvalue weighted by atomic mass is 35.5. The third-order valence-corrected chi connectivity index (χ3v) is 3.46. The number of methoxy groups -OCH3 is 1. The van der Waals surface area contributed by atoms with E-state index in [9.17, 15) is 20.1 Å². The first-order valence-electron chi connectivity index (χ1n) is 6.71. The van der Waals surface area contributed by atoms with Crippen LogP contribution in [0.2, 0.25) is 0 Å². The second-order valence-corrected chi connectivity index (χ2v) is 5.27. The van der Waals surface area contributed by atoms with Crippen LogP contribution in [0.25, 0.3) is 0 Å². The molecule has 0 aromatic carbocycles. The van der Waals surface area contributed by atoms with Gasteiger partial charge < -0.3 is 30.1 Å². The van der Waals surface area contributed by atoms with Crippen molar-refractivity contribution in [1.29, 1.82) is 0 Å². The summed E-state index contributed by atoms with van der Waals surface area (Å²) < 4.78 is 10.4. The largest absolute Gasteiger partial charge is 0.388 e. The molecule has 1 fully saturated rings. The minimum Gasteiger partial charge on any atom is -0.388 e. The number of halogens is 1. The Labute approximate surface area is 128 Å². The highest BCUT2D eigenvalue weighted by Gasteiger charge is 2.42. The number of hydrogen-bond donors (Lipinski definition) is 4. The number of nitrogens with one attached hydrogen (secondary N) is 1. The van der Waals surface area contributed by atoms with E-state index < -0.39 is 30.6 Å². The molecule has 1 aliphatic rings. The number of urea groups is 1. The summed E-state index contributed by atoms with van der Waals surface area (Å²) in [4.78, 5) is 13.4. The Bertz CT molecular complexity index is 335. The van der Waals surface area contributed by atoms with Gasteiger partial charge in [-0.15, -0.1) is 11.6 Å². The molecule has 1 heterocycles. The van der Waals surface area contributed by atoms with Gasteiger partial charge in [-0.1, -0.05) is 0 Å². The van der Waals surface area contributed by atoms with Gasteiger partial charge in [0.25, 0.3) is 0 Å². The van der Waals surface area contributed by atoms with E-state index in [4.69, 9.17) is 21.1 Å². The fraction of sp³-hybridized carbons (Fsp3) is 0.917. The zero-order valence-corrected chi connectivity index (χ0v) is 12.9. The van der Waals surface area contributed by atoms with Gasteiger partial charge in [0.05, 0.1) is 19.3 Å². The number of carbonyl (C=O) groups excluding carboxylic acids is 1. The molecule has 5 atom stereocenters. The molecule has 4 N–H and O–H groups in total. The highest BCUT2D eigenvalue weighted by molar-refractivity contribution is 6.18. The lowest BCUT2D eigenvalue weighted by Crippen LogP contribution is -2.62. The van der Waals surface area contributed by atoms with Gasteiger partial charge >= 0.3 is 6.03 Å². The van der Waals surface area contributed by atoms with Gasteiger partial charge in [-0.05, 0) is 6.92 Å². The lowest BCUT2D eigenvalue weighted by molar-refractivity contribution is -0.221. The monoisotopic (exact) mass is 326 g/mol. The average molecular weight is 327 g/mol. The molecule has 1 saturated heterocycles. The van der Waals surface area contributed by atoms with E-state index in [-0.39, 0.29) is 31.7 Å². The van der Waals surface area contributed by atoms with Crippen molar-refractivity contribution in [1.82, 2.24) is 10.2 Å². The Morgan fingerprint density at radius 3 is 2.71 bits per heavy atom. The molecular formula is C12H23ClN2O6. The molecule has 9 heteroatoms. The molecular weight excluding hydrogens is 304 g/mol. The normalized spacial score (nSPS) is 30.8. The third-order valence-electron chi connectivity index (χ3n) is 3.27. The van der Waals surface area contributed by atoms with Crippen LogP contribution in [0.4, 0.5) is 4.79 Å². The molecule has 0 saturated carbocycles. The first-order valence-corrected chi connectivity index (χ1v) is 7.24. The van der Waals surface area contributed by atoms with Crippen LogP contribution in [0.5, 0.6) is 0 Å². The van der Waals surface area contributed by atoms with Crippen molar-refractivity contribution < 1.29 is 29.6 Å². The maximum absolute atomic E-state index is 12.2. The van der Waals surface area contributed by atoms with E-state index in [1.54, 1.807) is 6.92 Å². The molecule has 21 heavy (non-hydrogen) atoms. The van der Waals surface area contributed by atoms with Crippen LogP contribution in [0.15, 0.2) is 0 Å². The zero-order chi connectivity index (χ0) is 16.0. The minimum absolute atomic E-state index is 0.148. The summed E-state index contributed by atoms with van der Waals surface area (Å²) >= 11 is 5.53. The lowest BCUT2D eigenvalue weighted by Gasteiger charge is -2.41. The molecule has 0 aliphatic carbocycles. The number of rotatable bonds is 6. The number of amides is 2. The fourth-order valence-electron chi connectivity index (χ4n) is 1.97. The van der Waals surface area contributed by atoms with Gasteiger partial charge in [0.1, 0.15) is 18.3 Å². The maximum Gasteiger partial charge on any atom is 0.319 e. The van der Waals surface area contributed by atoms with E-state index in [1.165, 1.54) is 12.0 Å². The summed E-state index contributed by atoms with van der Waals surface area (Å²) in [6.45, 7) is 1.98. The Balaban J connectivity index is 2.81. The van der Waals surface area contributed by atoms with Gasteiger partial charge in [-0.25, -0.2) is 4.79 Å².